The quantitative estimate of drug-likeness (QED) is 0.785. The number of aromatic nitrogens is 4. The van der Waals surface area contributed by atoms with E-state index in [4.69, 9.17) is 0 Å². The van der Waals surface area contributed by atoms with Crippen molar-refractivity contribution in [1.29, 1.82) is 0 Å². The molecule has 3 aromatic heterocycles. The SMILES string of the molecule is CCc1cnc(C(=O)NC2CCN(c3nccn4cccc34)C2)nc1. The first kappa shape index (κ1) is 15.6. The number of fused-ring (bicyclic) bond motifs is 1. The molecule has 0 radical (unpaired) electrons. The predicted molar refractivity (Wildman–Crippen MR) is 94.7 cm³/mol. The van der Waals surface area contributed by atoms with E-state index < -0.39 is 0 Å². The second kappa shape index (κ2) is 6.51. The van der Waals surface area contributed by atoms with Crippen LogP contribution in [0.5, 0.6) is 0 Å². The minimum atomic E-state index is -0.219. The summed E-state index contributed by atoms with van der Waals surface area (Å²) in [6.45, 7) is 3.63. The lowest BCUT2D eigenvalue weighted by Crippen LogP contribution is -2.38. The third kappa shape index (κ3) is 3.05. The first-order valence-corrected chi connectivity index (χ1v) is 8.53. The minimum Gasteiger partial charge on any atom is -0.353 e. The summed E-state index contributed by atoms with van der Waals surface area (Å²) in [6, 6.07) is 4.13. The molecular weight excluding hydrogens is 316 g/mol. The van der Waals surface area contributed by atoms with Crippen molar-refractivity contribution in [1.82, 2.24) is 24.7 Å². The number of amides is 1. The van der Waals surface area contributed by atoms with Crippen LogP contribution in [0.15, 0.2) is 43.1 Å². The monoisotopic (exact) mass is 336 g/mol. The summed E-state index contributed by atoms with van der Waals surface area (Å²) >= 11 is 0. The van der Waals surface area contributed by atoms with Gasteiger partial charge in [0, 0.05) is 50.1 Å². The Labute approximate surface area is 145 Å². The van der Waals surface area contributed by atoms with Crippen LogP contribution in [0.3, 0.4) is 0 Å². The molecule has 1 amide bonds. The molecule has 0 aliphatic carbocycles. The number of nitrogens with zero attached hydrogens (tertiary/aromatic N) is 5. The zero-order chi connectivity index (χ0) is 17.2. The first-order chi connectivity index (χ1) is 12.2. The molecule has 1 aliphatic heterocycles. The number of hydrogen-bond acceptors (Lipinski definition) is 5. The summed E-state index contributed by atoms with van der Waals surface area (Å²) in [5.74, 6) is 0.957. The molecule has 0 bridgehead atoms. The molecule has 1 saturated heterocycles. The van der Waals surface area contributed by atoms with Gasteiger partial charge in [0.2, 0.25) is 5.82 Å². The lowest BCUT2D eigenvalue weighted by molar-refractivity contribution is 0.0929. The average Bonchev–Trinajstić information content (AvgIpc) is 3.30. The molecule has 0 spiro atoms. The van der Waals surface area contributed by atoms with Crippen LogP contribution in [0.1, 0.15) is 29.5 Å². The molecular formula is C18H20N6O. The van der Waals surface area contributed by atoms with Gasteiger partial charge in [-0.3, -0.25) is 4.79 Å². The van der Waals surface area contributed by atoms with Crippen molar-refractivity contribution in [2.24, 2.45) is 0 Å². The van der Waals surface area contributed by atoms with Gasteiger partial charge in [-0.15, -0.1) is 0 Å². The van der Waals surface area contributed by atoms with Gasteiger partial charge in [-0.05, 0) is 30.5 Å². The second-order valence-electron chi connectivity index (χ2n) is 6.23. The Kier molecular flexibility index (Phi) is 4.05. The molecule has 1 N–H and O–H groups in total. The number of anilines is 1. The van der Waals surface area contributed by atoms with E-state index in [1.165, 1.54) is 0 Å². The topological polar surface area (TPSA) is 75.4 Å². The Hall–Kier alpha value is -2.96. The van der Waals surface area contributed by atoms with Crippen LogP contribution in [-0.4, -0.2) is 44.4 Å². The molecule has 128 valence electrons. The summed E-state index contributed by atoms with van der Waals surface area (Å²) in [7, 11) is 0. The molecule has 25 heavy (non-hydrogen) atoms. The van der Waals surface area contributed by atoms with Gasteiger partial charge in [0.15, 0.2) is 5.82 Å². The lowest BCUT2D eigenvalue weighted by Gasteiger charge is -2.18. The van der Waals surface area contributed by atoms with Gasteiger partial charge < -0.3 is 14.6 Å². The lowest BCUT2D eigenvalue weighted by atomic mass is 10.2. The Morgan fingerprint density at radius 2 is 2.12 bits per heavy atom. The summed E-state index contributed by atoms with van der Waals surface area (Å²) in [5, 5.41) is 3.03. The van der Waals surface area contributed by atoms with E-state index in [2.05, 4.69) is 35.6 Å². The minimum absolute atomic E-state index is 0.0685. The van der Waals surface area contributed by atoms with E-state index in [0.29, 0.717) is 0 Å². The Morgan fingerprint density at radius 3 is 2.92 bits per heavy atom. The van der Waals surface area contributed by atoms with Gasteiger partial charge >= 0.3 is 0 Å². The number of hydrogen-bond donors (Lipinski definition) is 1. The molecule has 4 heterocycles. The van der Waals surface area contributed by atoms with Crippen molar-refractivity contribution in [3.63, 3.8) is 0 Å². The molecule has 1 aliphatic rings. The molecule has 1 atom stereocenters. The molecule has 3 aromatic rings. The maximum atomic E-state index is 12.3. The summed E-state index contributed by atoms with van der Waals surface area (Å²) in [4.78, 5) is 27.4. The van der Waals surface area contributed by atoms with E-state index >= 15 is 0 Å². The molecule has 1 unspecified atom stereocenters. The number of rotatable bonds is 4. The van der Waals surface area contributed by atoms with Gasteiger partial charge in [-0.2, -0.15) is 0 Å². The van der Waals surface area contributed by atoms with Crippen molar-refractivity contribution >= 4 is 17.2 Å². The highest BCUT2D eigenvalue weighted by Gasteiger charge is 2.27. The smallest absolute Gasteiger partial charge is 0.289 e. The Balaban J connectivity index is 1.43. The first-order valence-electron chi connectivity index (χ1n) is 8.53. The van der Waals surface area contributed by atoms with Crippen LogP contribution in [0.2, 0.25) is 0 Å². The van der Waals surface area contributed by atoms with Crippen molar-refractivity contribution in [3.05, 3.63) is 54.5 Å². The van der Waals surface area contributed by atoms with Crippen molar-refractivity contribution < 1.29 is 4.79 Å². The molecule has 0 saturated carbocycles. The maximum Gasteiger partial charge on any atom is 0.289 e. The standard InChI is InChI=1S/C18H20N6O/c1-2-13-10-20-16(21-11-13)18(25)22-14-5-8-24(12-14)17-15-4-3-7-23(15)9-6-19-17/h3-4,6-7,9-11,14H,2,5,8,12H2,1H3,(H,22,25). The maximum absolute atomic E-state index is 12.3. The third-order valence-corrected chi connectivity index (χ3v) is 4.57. The number of carbonyl (C=O) groups excluding carboxylic acids is 1. The van der Waals surface area contributed by atoms with Gasteiger partial charge in [0.25, 0.3) is 5.91 Å². The van der Waals surface area contributed by atoms with Crippen molar-refractivity contribution in [2.75, 3.05) is 18.0 Å². The number of nitrogens with one attached hydrogen (secondary N) is 1. The van der Waals surface area contributed by atoms with Crippen LogP contribution in [-0.2, 0) is 6.42 Å². The molecule has 7 nitrogen and oxygen atoms in total. The van der Waals surface area contributed by atoms with Crippen LogP contribution < -0.4 is 10.2 Å². The molecule has 0 aromatic carbocycles. The van der Waals surface area contributed by atoms with Crippen LogP contribution in [0.4, 0.5) is 5.82 Å². The van der Waals surface area contributed by atoms with E-state index in [1.807, 2.05) is 25.4 Å². The van der Waals surface area contributed by atoms with E-state index in [1.54, 1.807) is 18.6 Å². The summed E-state index contributed by atoms with van der Waals surface area (Å²) < 4.78 is 2.05. The number of carbonyl (C=O) groups is 1. The second-order valence-corrected chi connectivity index (χ2v) is 6.23. The van der Waals surface area contributed by atoms with Crippen LogP contribution in [0, 0.1) is 0 Å². The number of aryl methyl sites for hydroxylation is 1. The zero-order valence-corrected chi connectivity index (χ0v) is 14.1. The summed E-state index contributed by atoms with van der Waals surface area (Å²) in [6.07, 6.45) is 10.9. The highest BCUT2D eigenvalue weighted by molar-refractivity contribution is 5.90. The highest BCUT2D eigenvalue weighted by atomic mass is 16.2. The van der Waals surface area contributed by atoms with Crippen molar-refractivity contribution in [3.8, 4) is 0 Å². The molecule has 1 fully saturated rings. The predicted octanol–water partition coefficient (Wildman–Crippen LogP) is 1.70. The highest BCUT2D eigenvalue weighted by Crippen LogP contribution is 2.23. The average molecular weight is 336 g/mol. The van der Waals surface area contributed by atoms with Gasteiger partial charge in [0.1, 0.15) is 0 Å². The van der Waals surface area contributed by atoms with Gasteiger partial charge in [-0.1, -0.05) is 6.92 Å². The normalized spacial score (nSPS) is 17.2. The van der Waals surface area contributed by atoms with E-state index in [0.717, 1.165) is 42.8 Å². The molecule has 7 heteroatoms. The van der Waals surface area contributed by atoms with E-state index in [9.17, 15) is 4.79 Å². The van der Waals surface area contributed by atoms with Gasteiger partial charge in [-0.25, -0.2) is 15.0 Å². The fourth-order valence-corrected chi connectivity index (χ4v) is 3.17. The van der Waals surface area contributed by atoms with Gasteiger partial charge in [0.05, 0.1) is 5.52 Å². The largest absolute Gasteiger partial charge is 0.353 e. The van der Waals surface area contributed by atoms with E-state index in [-0.39, 0.29) is 17.8 Å². The zero-order valence-electron chi connectivity index (χ0n) is 14.1. The van der Waals surface area contributed by atoms with Crippen molar-refractivity contribution in [2.45, 2.75) is 25.8 Å². The Bertz CT molecular complexity index is 888. The fraction of sp³-hybridized carbons (Fsp3) is 0.333. The molecule has 4 rings (SSSR count). The third-order valence-electron chi connectivity index (χ3n) is 4.57. The van der Waals surface area contributed by atoms with Crippen LogP contribution in [0.25, 0.3) is 5.52 Å². The Morgan fingerprint density at radius 1 is 1.28 bits per heavy atom. The fourth-order valence-electron chi connectivity index (χ4n) is 3.17. The summed E-state index contributed by atoms with van der Waals surface area (Å²) in [5.41, 5.74) is 2.10. The van der Waals surface area contributed by atoms with Crippen LogP contribution >= 0.6 is 0 Å².